The third-order valence-electron chi connectivity index (χ3n) is 2.24. The van der Waals surface area contributed by atoms with Crippen LogP contribution >= 0.6 is 0 Å². The molecule has 1 aromatic carbocycles. The summed E-state index contributed by atoms with van der Waals surface area (Å²) < 4.78 is 43.0. The van der Waals surface area contributed by atoms with E-state index in [1.807, 2.05) is 4.72 Å². The van der Waals surface area contributed by atoms with Gasteiger partial charge in [0.15, 0.2) is 5.82 Å². The Balaban J connectivity index is 2.61. The minimum Gasteiger partial charge on any atom is -0.508 e. The van der Waals surface area contributed by atoms with Gasteiger partial charge in [-0.05, 0) is 18.6 Å². The van der Waals surface area contributed by atoms with Gasteiger partial charge in [0.1, 0.15) is 5.75 Å². The molecule has 0 unspecified atom stereocenters. The monoisotopic (exact) mass is 291 g/mol. The average Bonchev–Trinajstić information content (AvgIpc) is 2.32. The molecule has 0 bridgehead atoms. The van der Waals surface area contributed by atoms with Crippen LogP contribution in [0.15, 0.2) is 18.2 Å². The van der Waals surface area contributed by atoms with E-state index in [1.165, 1.54) is 7.11 Å². The molecule has 1 rings (SSSR count). The second kappa shape index (κ2) is 6.37. The van der Waals surface area contributed by atoms with Gasteiger partial charge in [0.2, 0.25) is 10.0 Å². The molecule has 0 aromatic heterocycles. The summed E-state index contributed by atoms with van der Waals surface area (Å²) in [4.78, 5) is 10.8. The number of hydrogen-bond acceptors (Lipinski definition) is 5. The molecule has 0 saturated heterocycles. The molecule has 0 radical (unpaired) electrons. The maximum atomic E-state index is 13.3. The standard InChI is InChI=1S/C11H14FNO5S/c1-18-11(15)3-2-6-19(16,17)13-10-5-4-8(14)7-9(10)12/h4-5,7,13-14H,2-3,6H2,1H3. The quantitative estimate of drug-likeness (QED) is 0.607. The highest BCUT2D eigenvalue weighted by atomic mass is 32.2. The van der Waals surface area contributed by atoms with Crippen molar-refractivity contribution in [2.24, 2.45) is 0 Å². The van der Waals surface area contributed by atoms with Gasteiger partial charge < -0.3 is 9.84 Å². The lowest BCUT2D eigenvalue weighted by Crippen LogP contribution is -2.18. The van der Waals surface area contributed by atoms with Gasteiger partial charge in [0.05, 0.1) is 18.6 Å². The van der Waals surface area contributed by atoms with Crippen molar-refractivity contribution in [2.75, 3.05) is 17.6 Å². The molecule has 0 spiro atoms. The van der Waals surface area contributed by atoms with Gasteiger partial charge in [0.25, 0.3) is 0 Å². The van der Waals surface area contributed by atoms with Crippen molar-refractivity contribution >= 4 is 21.7 Å². The van der Waals surface area contributed by atoms with Gasteiger partial charge >= 0.3 is 5.97 Å². The molecule has 0 aliphatic rings. The van der Waals surface area contributed by atoms with E-state index in [0.717, 1.165) is 18.2 Å². The number of esters is 1. The Hall–Kier alpha value is -1.83. The van der Waals surface area contributed by atoms with Crippen LogP contribution in [-0.4, -0.2) is 32.4 Å². The Morgan fingerprint density at radius 2 is 2.16 bits per heavy atom. The Morgan fingerprint density at radius 1 is 1.47 bits per heavy atom. The van der Waals surface area contributed by atoms with Crippen molar-refractivity contribution in [1.29, 1.82) is 0 Å². The summed E-state index contributed by atoms with van der Waals surface area (Å²) in [5.41, 5.74) is -0.254. The topological polar surface area (TPSA) is 92.7 Å². The zero-order chi connectivity index (χ0) is 14.5. The second-order valence-electron chi connectivity index (χ2n) is 3.76. The van der Waals surface area contributed by atoms with Gasteiger partial charge in [0, 0.05) is 12.5 Å². The molecule has 0 saturated carbocycles. The minimum absolute atomic E-state index is 0.0323. The van der Waals surface area contributed by atoms with Crippen LogP contribution in [0, 0.1) is 5.82 Å². The molecule has 8 heteroatoms. The second-order valence-corrected chi connectivity index (χ2v) is 5.61. The third-order valence-corrected chi connectivity index (χ3v) is 3.60. The fraction of sp³-hybridized carbons (Fsp3) is 0.364. The molecular formula is C11H14FNO5S. The van der Waals surface area contributed by atoms with Crippen LogP contribution in [0.25, 0.3) is 0 Å². The Morgan fingerprint density at radius 3 is 2.74 bits per heavy atom. The van der Waals surface area contributed by atoms with E-state index in [4.69, 9.17) is 5.11 Å². The molecule has 0 heterocycles. The summed E-state index contributed by atoms with van der Waals surface area (Å²) in [6.45, 7) is 0. The van der Waals surface area contributed by atoms with Crippen molar-refractivity contribution in [1.82, 2.24) is 0 Å². The number of phenols is 1. The summed E-state index contributed by atoms with van der Waals surface area (Å²) in [6, 6.07) is 3.07. The summed E-state index contributed by atoms with van der Waals surface area (Å²) in [6.07, 6.45) is 0.0389. The number of carbonyl (C=O) groups excluding carboxylic acids is 1. The number of nitrogens with one attached hydrogen (secondary N) is 1. The summed E-state index contributed by atoms with van der Waals surface area (Å²) >= 11 is 0. The van der Waals surface area contributed by atoms with Gasteiger partial charge in [-0.25, -0.2) is 12.8 Å². The van der Waals surface area contributed by atoms with Crippen LogP contribution in [0.1, 0.15) is 12.8 Å². The highest BCUT2D eigenvalue weighted by Gasteiger charge is 2.14. The molecule has 0 aliphatic heterocycles. The smallest absolute Gasteiger partial charge is 0.305 e. The highest BCUT2D eigenvalue weighted by molar-refractivity contribution is 7.92. The number of rotatable bonds is 6. The zero-order valence-electron chi connectivity index (χ0n) is 10.2. The van der Waals surface area contributed by atoms with Gasteiger partial charge in [-0.3, -0.25) is 9.52 Å². The fourth-order valence-corrected chi connectivity index (χ4v) is 2.44. The predicted octanol–water partition coefficient (Wildman–Crippen LogP) is 1.23. The van der Waals surface area contributed by atoms with E-state index in [0.29, 0.717) is 0 Å². The van der Waals surface area contributed by atoms with Crippen LogP contribution in [0.2, 0.25) is 0 Å². The number of aromatic hydroxyl groups is 1. The summed E-state index contributed by atoms with van der Waals surface area (Å²) in [5, 5.41) is 9.00. The van der Waals surface area contributed by atoms with Gasteiger partial charge in [-0.15, -0.1) is 0 Å². The Labute approximate surface area is 110 Å². The number of halogens is 1. The molecule has 6 nitrogen and oxygen atoms in total. The van der Waals surface area contributed by atoms with Gasteiger partial charge in [-0.2, -0.15) is 0 Å². The van der Waals surface area contributed by atoms with E-state index in [9.17, 15) is 17.6 Å². The van der Waals surface area contributed by atoms with E-state index < -0.39 is 21.8 Å². The molecular weight excluding hydrogens is 277 g/mol. The Kier molecular flexibility index (Phi) is 5.11. The first-order valence-electron chi connectivity index (χ1n) is 5.40. The van der Waals surface area contributed by atoms with E-state index >= 15 is 0 Å². The number of benzene rings is 1. The third kappa shape index (κ3) is 5.12. The van der Waals surface area contributed by atoms with Crippen LogP contribution < -0.4 is 4.72 Å². The molecule has 106 valence electrons. The lowest BCUT2D eigenvalue weighted by Gasteiger charge is -2.08. The number of anilines is 1. The summed E-state index contributed by atoms with van der Waals surface area (Å²) in [5.74, 6) is -2.02. The fourth-order valence-electron chi connectivity index (χ4n) is 1.31. The highest BCUT2D eigenvalue weighted by Crippen LogP contribution is 2.20. The lowest BCUT2D eigenvalue weighted by atomic mass is 10.3. The number of ether oxygens (including phenoxy) is 1. The number of sulfonamides is 1. The largest absolute Gasteiger partial charge is 0.508 e. The molecule has 0 aliphatic carbocycles. The maximum absolute atomic E-state index is 13.3. The van der Waals surface area contributed by atoms with Crippen LogP contribution in [-0.2, 0) is 19.6 Å². The zero-order valence-corrected chi connectivity index (χ0v) is 11.0. The SMILES string of the molecule is COC(=O)CCCS(=O)(=O)Nc1ccc(O)cc1F. The van der Waals surface area contributed by atoms with Crippen molar-refractivity contribution in [3.8, 4) is 5.75 Å². The van der Waals surface area contributed by atoms with Crippen LogP contribution in [0.5, 0.6) is 5.75 Å². The lowest BCUT2D eigenvalue weighted by molar-refractivity contribution is -0.140. The number of phenolic OH excluding ortho intramolecular Hbond substituents is 1. The normalized spacial score (nSPS) is 11.1. The number of methoxy groups -OCH3 is 1. The van der Waals surface area contributed by atoms with Gasteiger partial charge in [-0.1, -0.05) is 0 Å². The van der Waals surface area contributed by atoms with Crippen LogP contribution in [0.4, 0.5) is 10.1 Å². The molecule has 0 atom stereocenters. The molecule has 0 amide bonds. The van der Waals surface area contributed by atoms with E-state index in [1.54, 1.807) is 0 Å². The maximum Gasteiger partial charge on any atom is 0.305 e. The predicted molar refractivity (Wildman–Crippen MR) is 66.7 cm³/mol. The number of carbonyl (C=O) groups is 1. The molecule has 2 N–H and O–H groups in total. The molecule has 19 heavy (non-hydrogen) atoms. The minimum atomic E-state index is -3.75. The van der Waals surface area contributed by atoms with Crippen molar-refractivity contribution < 1.29 is 27.4 Å². The average molecular weight is 291 g/mol. The molecule has 1 aromatic rings. The van der Waals surface area contributed by atoms with Crippen molar-refractivity contribution in [3.05, 3.63) is 24.0 Å². The van der Waals surface area contributed by atoms with E-state index in [-0.39, 0.29) is 30.0 Å². The summed E-state index contributed by atoms with van der Waals surface area (Å²) in [7, 11) is -2.54. The first kappa shape index (κ1) is 15.2. The van der Waals surface area contributed by atoms with Crippen LogP contribution in [0.3, 0.4) is 0 Å². The van der Waals surface area contributed by atoms with Crippen molar-refractivity contribution in [3.63, 3.8) is 0 Å². The first-order chi connectivity index (χ1) is 8.84. The Bertz CT molecular complexity index is 558. The number of hydrogen-bond donors (Lipinski definition) is 2. The van der Waals surface area contributed by atoms with E-state index in [2.05, 4.69) is 4.74 Å². The van der Waals surface area contributed by atoms with Crippen molar-refractivity contribution in [2.45, 2.75) is 12.8 Å². The molecule has 0 fully saturated rings. The first-order valence-corrected chi connectivity index (χ1v) is 7.05.